The van der Waals surface area contributed by atoms with Gasteiger partial charge in [-0.1, -0.05) is 20.8 Å². The number of benzene rings is 1. The van der Waals surface area contributed by atoms with Crippen molar-refractivity contribution in [1.82, 2.24) is 0 Å². The number of nitro groups is 2. The molecule has 1 aromatic rings. The summed E-state index contributed by atoms with van der Waals surface area (Å²) in [7, 11) is 0. The number of nitrogens with zero attached hydrogens (tertiary/aromatic N) is 2. The molecule has 0 spiro atoms. The quantitative estimate of drug-likeness (QED) is 0.480. The van der Waals surface area contributed by atoms with Gasteiger partial charge in [0, 0.05) is 17.0 Å². The molecule has 0 amide bonds. The van der Waals surface area contributed by atoms with Gasteiger partial charge in [0.1, 0.15) is 0 Å². The first-order valence-electron chi connectivity index (χ1n) is 5.68. The average Bonchev–Trinajstić information content (AvgIpc) is 2.27. The number of rotatable bonds is 4. The van der Waals surface area contributed by atoms with Gasteiger partial charge >= 0.3 is 0 Å². The highest BCUT2D eigenvalue weighted by Crippen LogP contribution is 2.32. The zero-order valence-electron chi connectivity index (χ0n) is 10.9. The van der Waals surface area contributed by atoms with Crippen LogP contribution in [0.5, 0.6) is 0 Å². The molecule has 0 heterocycles. The molecule has 0 N–H and O–H groups in total. The number of hydrogen-bond donors (Lipinski definition) is 0. The minimum Gasteiger partial charge on any atom is -0.258 e. The Hall–Kier alpha value is -1.69. The molecule has 19 heavy (non-hydrogen) atoms. The molecule has 1 rings (SSSR count). The minimum atomic E-state index is -0.654. The van der Waals surface area contributed by atoms with Crippen molar-refractivity contribution in [2.75, 3.05) is 0 Å². The summed E-state index contributed by atoms with van der Waals surface area (Å²) in [5.41, 5.74) is -0.357. The van der Waals surface area contributed by atoms with E-state index in [0.717, 1.165) is 6.07 Å². The molecule has 7 heteroatoms. The first-order valence-corrected chi connectivity index (χ1v) is 6.12. The Morgan fingerprint density at radius 1 is 1.21 bits per heavy atom. The van der Waals surface area contributed by atoms with E-state index in [1.54, 1.807) is 0 Å². The summed E-state index contributed by atoms with van der Waals surface area (Å²) in [6, 6.07) is 3.63. The molecular formula is C12H15ClN2O4. The van der Waals surface area contributed by atoms with E-state index in [4.69, 9.17) is 11.6 Å². The smallest absolute Gasteiger partial charge is 0.258 e. The van der Waals surface area contributed by atoms with Crippen LogP contribution in [0.15, 0.2) is 18.2 Å². The summed E-state index contributed by atoms with van der Waals surface area (Å²) >= 11 is 6.21. The SMILES string of the molecule is CC(C)(C)C(Cl)Cc1ccc([N+](=O)[O-])cc1[N+](=O)[O-]. The fourth-order valence-corrected chi connectivity index (χ4v) is 1.67. The van der Waals surface area contributed by atoms with E-state index in [2.05, 4.69) is 0 Å². The van der Waals surface area contributed by atoms with Crippen molar-refractivity contribution in [3.63, 3.8) is 0 Å². The van der Waals surface area contributed by atoms with Gasteiger partial charge in [0.25, 0.3) is 11.4 Å². The van der Waals surface area contributed by atoms with E-state index in [0.29, 0.717) is 12.0 Å². The highest BCUT2D eigenvalue weighted by molar-refractivity contribution is 6.21. The van der Waals surface area contributed by atoms with Gasteiger partial charge in [0.2, 0.25) is 0 Å². The molecule has 0 fully saturated rings. The Morgan fingerprint density at radius 2 is 1.79 bits per heavy atom. The third-order valence-corrected chi connectivity index (χ3v) is 3.62. The number of halogens is 1. The van der Waals surface area contributed by atoms with Gasteiger partial charge in [-0.25, -0.2) is 0 Å². The Morgan fingerprint density at radius 3 is 2.21 bits per heavy atom. The van der Waals surface area contributed by atoms with Crippen molar-refractivity contribution in [2.45, 2.75) is 32.6 Å². The number of hydrogen-bond acceptors (Lipinski definition) is 4. The van der Waals surface area contributed by atoms with Gasteiger partial charge in [-0.3, -0.25) is 20.2 Å². The maximum atomic E-state index is 11.0. The molecule has 0 saturated heterocycles. The van der Waals surface area contributed by atoms with Gasteiger partial charge in [-0.2, -0.15) is 0 Å². The lowest BCUT2D eigenvalue weighted by molar-refractivity contribution is -0.394. The number of non-ortho nitro benzene ring substituents is 1. The molecule has 0 bridgehead atoms. The summed E-state index contributed by atoms with van der Waals surface area (Å²) in [5, 5.41) is 21.3. The van der Waals surface area contributed by atoms with Crippen LogP contribution < -0.4 is 0 Å². The van der Waals surface area contributed by atoms with Crippen LogP contribution in [0.2, 0.25) is 0 Å². The van der Waals surface area contributed by atoms with Gasteiger partial charge in [0.05, 0.1) is 15.9 Å². The van der Waals surface area contributed by atoms with Crippen molar-refractivity contribution in [2.24, 2.45) is 5.41 Å². The van der Waals surface area contributed by atoms with Crippen LogP contribution in [-0.4, -0.2) is 15.2 Å². The Kier molecular flexibility index (Phi) is 4.47. The average molecular weight is 287 g/mol. The molecule has 0 aliphatic carbocycles. The number of alkyl halides is 1. The first-order chi connectivity index (χ1) is 8.62. The van der Waals surface area contributed by atoms with Crippen LogP contribution in [-0.2, 0) is 6.42 Å². The van der Waals surface area contributed by atoms with E-state index in [9.17, 15) is 20.2 Å². The molecule has 104 valence electrons. The molecule has 6 nitrogen and oxygen atoms in total. The van der Waals surface area contributed by atoms with Crippen LogP contribution in [0.3, 0.4) is 0 Å². The summed E-state index contributed by atoms with van der Waals surface area (Å²) in [4.78, 5) is 20.3. The molecule has 0 radical (unpaired) electrons. The maximum Gasteiger partial charge on any atom is 0.279 e. The van der Waals surface area contributed by atoms with Gasteiger partial charge < -0.3 is 0 Å². The van der Waals surface area contributed by atoms with E-state index in [1.165, 1.54) is 12.1 Å². The van der Waals surface area contributed by atoms with Crippen LogP contribution in [0.4, 0.5) is 11.4 Å². The fourth-order valence-electron chi connectivity index (χ4n) is 1.51. The molecular weight excluding hydrogens is 272 g/mol. The molecule has 1 unspecified atom stereocenters. The molecule has 0 aromatic heterocycles. The van der Waals surface area contributed by atoms with Gasteiger partial charge in [-0.05, 0) is 17.9 Å². The zero-order valence-corrected chi connectivity index (χ0v) is 11.7. The standard InChI is InChI=1S/C12H15ClN2O4/c1-12(2,3)11(13)6-8-4-5-9(14(16)17)7-10(8)15(18)19/h4-5,7,11H,6H2,1-3H3. The van der Waals surface area contributed by atoms with E-state index < -0.39 is 9.85 Å². The summed E-state index contributed by atoms with van der Waals surface area (Å²) < 4.78 is 0. The lowest BCUT2D eigenvalue weighted by Gasteiger charge is -2.24. The van der Waals surface area contributed by atoms with E-state index in [-0.39, 0.29) is 22.2 Å². The van der Waals surface area contributed by atoms with Crippen molar-refractivity contribution < 1.29 is 9.85 Å². The largest absolute Gasteiger partial charge is 0.279 e. The lowest BCUT2D eigenvalue weighted by atomic mass is 9.87. The highest BCUT2D eigenvalue weighted by Gasteiger charge is 2.27. The van der Waals surface area contributed by atoms with Gasteiger partial charge in [-0.15, -0.1) is 11.6 Å². The summed E-state index contributed by atoms with van der Waals surface area (Å²) in [6.07, 6.45) is 0.291. The zero-order chi connectivity index (χ0) is 14.8. The van der Waals surface area contributed by atoms with Gasteiger partial charge in [0.15, 0.2) is 0 Å². The molecule has 1 atom stereocenters. The summed E-state index contributed by atoms with van der Waals surface area (Å²) in [6.45, 7) is 5.80. The second-order valence-electron chi connectivity index (χ2n) is 5.36. The molecule has 0 aliphatic heterocycles. The van der Waals surface area contributed by atoms with Crippen molar-refractivity contribution in [3.05, 3.63) is 44.0 Å². The molecule has 0 saturated carbocycles. The fraction of sp³-hybridized carbons (Fsp3) is 0.500. The predicted octanol–water partition coefficient (Wildman–Crippen LogP) is 3.70. The molecule has 1 aromatic carbocycles. The van der Waals surface area contributed by atoms with Crippen LogP contribution in [0.25, 0.3) is 0 Å². The highest BCUT2D eigenvalue weighted by atomic mass is 35.5. The first kappa shape index (κ1) is 15.4. The van der Waals surface area contributed by atoms with Crippen molar-refractivity contribution in [3.8, 4) is 0 Å². The Labute approximate surface area is 115 Å². The maximum absolute atomic E-state index is 11.0. The monoisotopic (exact) mass is 286 g/mol. The van der Waals surface area contributed by atoms with Crippen LogP contribution >= 0.6 is 11.6 Å². The third-order valence-electron chi connectivity index (χ3n) is 2.82. The minimum absolute atomic E-state index is 0.211. The Bertz CT molecular complexity index is 511. The summed E-state index contributed by atoms with van der Waals surface area (Å²) in [5.74, 6) is 0. The van der Waals surface area contributed by atoms with Crippen molar-refractivity contribution >= 4 is 23.0 Å². The molecule has 0 aliphatic rings. The predicted molar refractivity (Wildman–Crippen MR) is 72.6 cm³/mol. The second kappa shape index (κ2) is 5.52. The lowest BCUT2D eigenvalue weighted by Crippen LogP contribution is -2.23. The van der Waals surface area contributed by atoms with Crippen molar-refractivity contribution in [1.29, 1.82) is 0 Å². The topological polar surface area (TPSA) is 86.3 Å². The normalized spacial score (nSPS) is 13.1. The Balaban J connectivity index is 3.14. The number of nitro benzene ring substituents is 2. The van der Waals surface area contributed by atoms with E-state index in [1.807, 2.05) is 20.8 Å². The van der Waals surface area contributed by atoms with E-state index >= 15 is 0 Å². The second-order valence-corrected chi connectivity index (χ2v) is 5.89. The third kappa shape index (κ3) is 3.89. The van der Waals surface area contributed by atoms with Crippen LogP contribution in [0, 0.1) is 25.6 Å². The van der Waals surface area contributed by atoms with Crippen LogP contribution in [0.1, 0.15) is 26.3 Å².